The van der Waals surface area contributed by atoms with Crippen molar-refractivity contribution in [1.29, 1.82) is 0 Å². The fourth-order valence-corrected chi connectivity index (χ4v) is 0.987. The lowest BCUT2D eigenvalue weighted by molar-refractivity contribution is 0.0917. The minimum Gasteiger partial charge on any atom is -0.394 e. The van der Waals surface area contributed by atoms with E-state index in [2.05, 4.69) is 15.6 Å². The van der Waals surface area contributed by atoms with E-state index in [-0.39, 0.29) is 24.2 Å². The van der Waals surface area contributed by atoms with Gasteiger partial charge >= 0.3 is 0 Å². The molecule has 1 aromatic rings. The molecule has 1 heterocycles. The van der Waals surface area contributed by atoms with E-state index in [0.29, 0.717) is 13.1 Å². The van der Waals surface area contributed by atoms with Gasteiger partial charge in [0.1, 0.15) is 0 Å². The van der Waals surface area contributed by atoms with E-state index in [1.165, 1.54) is 10.9 Å². The van der Waals surface area contributed by atoms with Crippen molar-refractivity contribution in [2.45, 2.75) is 19.5 Å². The third-order valence-electron chi connectivity index (χ3n) is 1.78. The van der Waals surface area contributed by atoms with Gasteiger partial charge < -0.3 is 16.2 Å². The van der Waals surface area contributed by atoms with Crippen molar-refractivity contribution in [3.63, 3.8) is 0 Å². The lowest BCUT2D eigenvalue weighted by Crippen LogP contribution is -2.35. The molecular weight excluding hydrogens is 198 g/mol. The Morgan fingerprint density at radius 2 is 2.53 bits per heavy atom. The zero-order chi connectivity index (χ0) is 11.3. The van der Waals surface area contributed by atoms with Crippen molar-refractivity contribution in [1.82, 2.24) is 20.3 Å². The highest BCUT2D eigenvalue weighted by Gasteiger charge is 2.12. The molecule has 0 aliphatic rings. The Hall–Kier alpha value is -1.47. The van der Waals surface area contributed by atoms with Crippen LogP contribution in [-0.4, -0.2) is 45.2 Å². The second kappa shape index (κ2) is 5.42. The SMILES string of the molecule is CC(CO)NC(=O)c1cn(CCN)nn1. The monoisotopic (exact) mass is 213 g/mol. The third-order valence-corrected chi connectivity index (χ3v) is 1.78. The first-order chi connectivity index (χ1) is 7.17. The summed E-state index contributed by atoms with van der Waals surface area (Å²) in [4.78, 5) is 11.5. The lowest BCUT2D eigenvalue weighted by atomic mass is 10.3. The van der Waals surface area contributed by atoms with Crippen LogP contribution in [0.5, 0.6) is 0 Å². The van der Waals surface area contributed by atoms with E-state index < -0.39 is 0 Å². The number of nitrogens with two attached hydrogens (primary N) is 1. The fourth-order valence-electron chi connectivity index (χ4n) is 0.987. The minimum absolute atomic E-state index is 0.108. The molecule has 1 rings (SSSR count). The van der Waals surface area contributed by atoms with Crippen molar-refractivity contribution in [3.05, 3.63) is 11.9 Å². The Morgan fingerprint density at radius 1 is 1.80 bits per heavy atom. The highest BCUT2D eigenvalue weighted by atomic mass is 16.3. The van der Waals surface area contributed by atoms with E-state index in [9.17, 15) is 4.79 Å². The summed E-state index contributed by atoms with van der Waals surface area (Å²) in [5.41, 5.74) is 5.55. The molecule has 84 valence electrons. The van der Waals surface area contributed by atoms with Gasteiger partial charge in [0.2, 0.25) is 0 Å². The summed E-state index contributed by atoms with van der Waals surface area (Å²) in [5.74, 6) is -0.347. The number of aromatic nitrogens is 3. The molecule has 0 fully saturated rings. The first-order valence-corrected chi connectivity index (χ1v) is 4.69. The Balaban J connectivity index is 2.58. The predicted octanol–water partition coefficient (Wildman–Crippen LogP) is -1.65. The van der Waals surface area contributed by atoms with Crippen LogP contribution in [0.2, 0.25) is 0 Å². The van der Waals surface area contributed by atoms with E-state index in [1.54, 1.807) is 6.92 Å². The first kappa shape index (κ1) is 11.6. The van der Waals surface area contributed by atoms with Gasteiger partial charge in [-0.3, -0.25) is 9.48 Å². The van der Waals surface area contributed by atoms with Crippen LogP contribution in [0.25, 0.3) is 0 Å². The number of nitrogens with zero attached hydrogens (tertiary/aromatic N) is 3. The van der Waals surface area contributed by atoms with E-state index >= 15 is 0 Å². The Kier molecular flexibility index (Phi) is 4.19. The van der Waals surface area contributed by atoms with Crippen LogP contribution >= 0.6 is 0 Å². The van der Waals surface area contributed by atoms with Gasteiger partial charge in [-0.05, 0) is 6.92 Å². The third kappa shape index (κ3) is 3.30. The molecule has 0 spiro atoms. The van der Waals surface area contributed by atoms with Crippen molar-refractivity contribution < 1.29 is 9.90 Å². The molecule has 0 aliphatic heterocycles. The van der Waals surface area contributed by atoms with Gasteiger partial charge in [-0.25, -0.2) is 0 Å². The minimum atomic E-state index is -0.347. The Labute approximate surface area is 87.3 Å². The molecule has 4 N–H and O–H groups in total. The van der Waals surface area contributed by atoms with Crippen LogP contribution in [0, 0.1) is 0 Å². The number of aliphatic hydroxyl groups is 1. The molecule has 7 heteroatoms. The quantitative estimate of drug-likeness (QED) is 0.543. The fraction of sp³-hybridized carbons (Fsp3) is 0.625. The Bertz CT molecular complexity index is 325. The number of hydrogen-bond donors (Lipinski definition) is 3. The zero-order valence-electron chi connectivity index (χ0n) is 8.55. The second-order valence-corrected chi connectivity index (χ2v) is 3.21. The van der Waals surface area contributed by atoms with Crippen LogP contribution in [0.1, 0.15) is 17.4 Å². The molecule has 1 unspecified atom stereocenters. The van der Waals surface area contributed by atoms with E-state index in [1.807, 2.05) is 0 Å². The smallest absolute Gasteiger partial charge is 0.273 e. The maximum atomic E-state index is 11.5. The number of rotatable bonds is 5. The summed E-state index contributed by atoms with van der Waals surface area (Å²) in [6.45, 7) is 2.55. The van der Waals surface area contributed by atoms with Crippen molar-refractivity contribution >= 4 is 5.91 Å². The summed E-state index contributed by atoms with van der Waals surface area (Å²) < 4.78 is 1.50. The molecule has 1 amide bonds. The standard InChI is InChI=1S/C8H15N5O2/c1-6(5-14)10-8(15)7-4-13(3-2-9)12-11-7/h4,6,14H,2-3,5,9H2,1H3,(H,10,15). The summed E-state index contributed by atoms with van der Waals surface area (Å²) in [6.07, 6.45) is 1.52. The van der Waals surface area contributed by atoms with E-state index in [0.717, 1.165) is 0 Å². The number of hydrogen-bond acceptors (Lipinski definition) is 5. The van der Waals surface area contributed by atoms with Gasteiger partial charge in [-0.1, -0.05) is 5.21 Å². The highest BCUT2D eigenvalue weighted by Crippen LogP contribution is 1.93. The molecule has 0 bridgehead atoms. The van der Waals surface area contributed by atoms with Gasteiger partial charge in [-0.2, -0.15) is 0 Å². The number of aliphatic hydroxyl groups excluding tert-OH is 1. The molecule has 0 aromatic carbocycles. The molecule has 1 aromatic heterocycles. The van der Waals surface area contributed by atoms with Gasteiger partial charge in [0.25, 0.3) is 5.91 Å². The lowest BCUT2D eigenvalue weighted by Gasteiger charge is -2.08. The summed E-state index contributed by atoms with van der Waals surface area (Å²) in [5, 5.41) is 18.7. The average Bonchev–Trinajstić information content (AvgIpc) is 2.67. The van der Waals surface area contributed by atoms with Crippen molar-refractivity contribution in [2.75, 3.05) is 13.2 Å². The van der Waals surface area contributed by atoms with E-state index in [4.69, 9.17) is 10.8 Å². The normalized spacial score (nSPS) is 12.5. The summed E-state index contributed by atoms with van der Waals surface area (Å²) in [7, 11) is 0. The van der Waals surface area contributed by atoms with Gasteiger partial charge in [0, 0.05) is 12.6 Å². The molecule has 7 nitrogen and oxygen atoms in total. The number of nitrogens with one attached hydrogen (secondary N) is 1. The van der Waals surface area contributed by atoms with Crippen LogP contribution in [0.15, 0.2) is 6.20 Å². The van der Waals surface area contributed by atoms with Gasteiger partial charge in [-0.15, -0.1) is 5.10 Å². The van der Waals surface area contributed by atoms with Crippen molar-refractivity contribution in [3.8, 4) is 0 Å². The molecule has 0 aliphatic carbocycles. The predicted molar refractivity (Wildman–Crippen MR) is 53.1 cm³/mol. The van der Waals surface area contributed by atoms with Crippen LogP contribution < -0.4 is 11.1 Å². The van der Waals surface area contributed by atoms with Gasteiger partial charge in [0.15, 0.2) is 5.69 Å². The topological polar surface area (TPSA) is 106 Å². The highest BCUT2D eigenvalue weighted by molar-refractivity contribution is 5.92. The summed E-state index contributed by atoms with van der Waals surface area (Å²) >= 11 is 0. The molecule has 0 radical (unpaired) electrons. The maximum Gasteiger partial charge on any atom is 0.273 e. The van der Waals surface area contributed by atoms with Crippen LogP contribution in [0.3, 0.4) is 0 Å². The molecule has 15 heavy (non-hydrogen) atoms. The molecule has 1 atom stereocenters. The van der Waals surface area contributed by atoms with Crippen molar-refractivity contribution in [2.24, 2.45) is 5.73 Å². The summed E-state index contributed by atoms with van der Waals surface area (Å²) in [6, 6.07) is -0.294. The average molecular weight is 213 g/mol. The largest absolute Gasteiger partial charge is 0.394 e. The maximum absolute atomic E-state index is 11.5. The molecule has 0 saturated carbocycles. The number of carbonyl (C=O) groups is 1. The number of amides is 1. The van der Waals surface area contributed by atoms with Crippen LogP contribution in [-0.2, 0) is 6.54 Å². The van der Waals surface area contributed by atoms with Crippen LogP contribution in [0.4, 0.5) is 0 Å². The zero-order valence-corrected chi connectivity index (χ0v) is 8.55. The molecular formula is C8H15N5O2. The second-order valence-electron chi connectivity index (χ2n) is 3.21. The molecule has 0 saturated heterocycles. The Morgan fingerprint density at radius 3 is 3.13 bits per heavy atom. The van der Waals surface area contributed by atoms with Gasteiger partial charge in [0.05, 0.1) is 19.3 Å². The number of carbonyl (C=O) groups excluding carboxylic acids is 1. The first-order valence-electron chi connectivity index (χ1n) is 4.69.